The summed E-state index contributed by atoms with van der Waals surface area (Å²) in [7, 11) is 1.57. The summed E-state index contributed by atoms with van der Waals surface area (Å²) >= 11 is 0. The first-order valence-corrected chi connectivity index (χ1v) is 7.81. The molecule has 1 unspecified atom stereocenters. The number of aryl methyl sites for hydroxylation is 1. The Bertz CT molecular complexity index is 895. The van der Waals surface area contributed by atoms with Crippen LogP contribution in [0.5, 0.6) is 5.75 Å². The highest BCUT2D eigenvalue weighted by Crippen LogP contribution is 2.30. The van der Waals surface area contributed by atoms with Gasteiger partial charge in [-0.3, -0.25) is 0 Å². The van der Waals surface area contributed by atoms with E-state index in [1.54, 1.807) is 7.11 Å². The molecule has 2 N–H and O–H groups in total. The number of aromatic nitrogens is 1. The van der Waals surface area contributed by atoms with E-state index < -0.39 is 17.7 Å². The topological polar surface area (TPSA) is 54.4 Å². The predicted molar refractivity (Wildman–Crippen MR) is 92.8 cm³/mol. The first kappa shape index (κ1) is 17.1. The van der Waals surface area contributed by atoms with Crippen LogP contribution in [0.3, 0.4) is 0 Å². The standard InChI is InChI=1S/C19H18F2N2O2/c1-11-9-15(12-5-3-8-17(25-2)19(12)23-11)22-10-16(24)18-13(20)6-4-7-14(18)21/h3-9,16,24H,10H2,1-2H3,(H,22,23). The highest BCUT2D eigenvalue weighted by Gasteiger charge is 2.18. The number of pyridine rings is 1. The number of nitrogens with zero attached hydrogens (tertiary/aromatic N) is 1. The van der Waals surface area contributed by atoms with Gasteiger partial charge < -0.3 is 15.2 Å². The highest BCUT2D eigenvalue weighted by molar-refractivity contribution is 5.95. The van der Waals surface area contributed by atoms with E-state index in [9.17, 15) is 13.9 Å². The molecule has 3 rings (SSSR count). The molecule has 0 spiro atoms. The smallest absolute Gasteiger partial charge is 0.145 e. The van der Waals surface area contributed by atoms with Crippen LogP contribution in [0.1, 0.15) is 17.4 Å². The predicted octanol–water partition coefficient (Wildman–Crippen LogP) is 3.98. The molecule has 0 saturated heterocycles. The molecule has 2 aromatic carbocycles. The number of fused-ring (bicyclic) bond motifs is 1. The minimum Gasteiger partial charge on any atom is -0.494 e. The molecule has 0 aliphatic heterocycles. The molecule has 4 nitrogen and oxygen atoms in total. The molecule has 0 fully saturated rings. The van der Waals surface area contributed by atoms with Crippen molar-refractivity contribution in [2.24, 2.45) is 0 Å². The molecule has 6 heteroatoms. The number of benzene rings is 2. The fourth-order valence-corrected chi connectivity index (χ4v) is 2.80. The number of anilines is 1. The van der Waals surface area contributed by atoms with Gasteiger partial charge in [0.25, 0.3) is 0 Å². The molecule has 1 aromatic heterocycles. The van der Waals surface area contributed by atoms with Crippen molar-refractivity contribution in [3.63, 3.8) is 0 Å². The molecule has 1 heterocycles. The van der Waals surface area contributed by atoms with Gasteiger partial charge in [0.2, 0.25) is 0 Å². The summed E-state index contributed by atoms with van der Waals surface area (Å²) in [6, 6.07) is 10.8. The maximum absolute atomic E-state index is 13.8. The second kappa shape index (κ2) is 7.03. The van der Waals surface area contributed by atoms with Crippen LogP contribution in [-0.4, -0.2) is 23.7 Å². The first-order valence-electron chi connectivity index (χ1n) is 7.81. The Kier molecular flexibility index (Phi) is 4.81. The minimum atomic E-state index is -1.32. The summed E-state index contributed by atoms with van der Waals surface area (Å²) in [6.45, 7) is 1.79. The van der Waals surface area contributed by atoms with Crippen LogP contribution in [0.2, 0.25) is 0 Å². The lowest BCUT2D eigenvalue weighted by Crippen LogP contribution is -2.15. The van der Waals surface area contributed by atoms with E-state index in [0.29, 0.717) is 17.0 Å². The molecule has 1 atom stereocenters. The van der Waals surface area contributed by atoms with E-state index in [2.05, 4.69) is 10.3 Å². The Morgan fingerprint density at radius 1 is 1.16 bits per heavy atom. The van der Waals surface area contributed by atoms with Crippen molar-refractivity contribution in [2.45, 2.75) is 13.0 Å². The van der Waals surface area contributed by atoms with Crippen molar-refractivity contribution in [1.29, 1.82) is 0 Å². The number of hydrogen-bond acceptors (Lipinski definition) is 4. The lowest BCUT2D eigenvalue weighted by molar-refractivity contribution is 0.181. The number of aliphatic hydroxyl groups excluding tert-OH is 1. The van der Waals surface area contributed by atoms with Crippen molar-refractivity contribution in [1.82, 2.24) is 4.98 Å². The quantitative estimate of drug-likeness (QED) is 0.735. The molecule has 3 aromatic rings. The van der Waals surface area contributed by atoms with E-state index in [0.717, 1.165) is 23.2 Å². The maximum Gasteiger partial charge on any atom is 0.145 e. The van der Waals surface area contributed by atoms with Gasteiger partial charge in [0, 0.05) is 23.3 Å². The summed E-state index contributed by atoms with van der Waals surface area (Å²) in [4.78, 5) is 4.47. The Morgan fingerprint density at radius 3 is 2.52 bits per heavy atom. The molecular formula is C19H18F2N2O2. The SMILES string of the molecule is COc1cccc2c(NCC(O)c3c(F)cccc3F)cc(C)nc12. The normalized spacial score (nSPS) is 12.2. The van der Waals surface area contributed by atoms with Crippen LogP contribution in [0, 0.1) is 18.6 Å². The van der Waals surface area contributed by atoms with Crippen LogP contribution in [0.4, 0.5) is 14.5 Å². The Balaban J connectivity index is 1.91. The zero-order chi connectivity index (χ0) is 18.0. The Labute approximate surface area is 144 Å². The summed E-state index contributed by atoms with van der Waals surface area (Å²) in [5.74, 6) is -0.914. The van der Waals surface area contributed by atoms with Crippen LogP contribution in [0.25, 0.3) is 10.9 Å². The molecule has 130 valence electrons. The minimum absolute atomic E-state index is 0.0480. The zero-order valence-electron chi connectivity index (χ0n) is 13.9. The van der Waals surface area contributed by atoms with Gasteiger partial charge >= 0.3 is 0 Å². The van der Waals surface area contributed by atoms with E-state index in [-0.39, 0.29) is 12.1 Å². The zero-order valence-corrected chi connectivity index (χ0v) is 13.9. The van der Waals surface area contributed by atoms with E-state index >= 15 is 0 Å². The number of para-hydroxylation sites is 1. The number of rotatable bonds is 5. The summed E-state index contributed by atoms with van der Waals surface area (Å²) in [5, 5.41) is 14.1. The average Bonchev–Trinajstić information content (AvgIpc) is 2.59. The van der Waals surface area contributed by atoms with Gasteiger partial charge in [-0.15, -0.1) is 0 Å². The number of methoxy groups -OCH3 is 1. The molecule has 0 amide bonds. The number of hydrogen-bond donors (Lipinski definition) is 2. The third kappa shape index (κ3) is 3.39. The summed E-state index contributed by atoms with van der Waals surface area (Å²) < 4.78 is 32.9. The molecule has 0 aliphatic rings. The second-order valence-electron chi connectivity index (χ2n) is 5.70. The first-order chi connectivity index (χ1) is 12.0. The third-order valence-electron chi connectivity index (χ3n) is 3.97. The van der Waals surface area contributed by atoms with Crippen molar-refractivity contribution in [2.75, 3.05) is 19.0 Å². The van der Waals surface area contributed by atoms with Gasteiger partial charge in [-0.2, -0.15) is 0 Å². The number of aliphatic hydroxyl groups is 1. The molecular weight excluding hydrogens is 326 g/mol. The van der Waals surface area contributed by atoms with Gasteiger partial charge in [-0.1, -0.05) is 18.2 Å². The number of nitrogens with one attached hydrogen (secondary N) is 1. The van der Waals surface area contributed by atoms with Crippen LogP contribution >= 0.6 is 0 Å². The average molecular weight is 344 g/mol. The number of halogens is 2. The maximum atomic E-state index is 13.8. The molecule has 0 bridgehead atoms. The molecule has 0 aliphatic carbocycles. The van der Waals surface area contributed by atoms with Gasteiger partial charge in [-0.05, 0) is 31.2 Å². The molecule has 0 saturated carbocycles. The van der Waals surface area contributed by atoms with Crippen LogP contribution in [-0.2, 0) is 0 Å². The summed E-state index contributed by atoms with van der Waals surface area (Å²) in [5.41, 5.74) is 1.80. The van der Waals surface area contributed by atoms with Crippen LogP contribution < -0.4 is 10.1 Å². The van der Waals surface area contributed by atoms with Gasteiger partial charge in [-0.25, -0.2) is 13.8 Å². The van der Waals surface area contributed by atoms with E-state index in [4.69, 9.17) is 4.74 Å². The molecule has 0 radical (unpaired) electrons. The van der Waals surface area contributed by atoms with E-state index in [1.807, 2.05) is 31.2 Å². The van der Waals surface area contributed by atoms with Crippen molar-refractivity contribution >= 4 is 16.6 Å². The third-order valence-corrected chi connectivity index (χ3v) is 3.97. The second-order valence-corrected chi connectivity index (χ2v) is 5.70. The van der Waals surface area contributed by atoms with Crippen LogP contribution in [0.15, 0.2) is 42.5 Å². The van der Waals surface area contributed by atoms with Gasteiger partial charge in [0.05, 0.1) is 12.7 Å². The highest BCUT2D eigenvalue weighted by atomic mass is 19.1. The fourth-order valence-electron chi connectivity index (χ4n) is 2.80. The summed E-state index contributed by atoms with van der Waals surface area (Å²) in [6.07, 6.45) is -1.32. The largest absolute Gasteiger partial charge is 0.494 e. The van der Waals surface area contributed by atoms with Crippen molar-refractivity contribution in [3.8, 4) is 5.75 Å². The monoisotopic (exact) mass is 344 g/mol. The Morgan fingerprint density at radius 2 is 1.84 bits per heavy atom. The lowest BCUT2D eigenvalue weighted by atomic mass is 10.1. The van der Waals surface area contributed by atoms with Crippen molar-refractivity contribution < 1.29 is 18.6 Å². The van der Waals surface area contributed by atoms with E-state index in [1.165, 1.54) is 6.07 Å². The van der Waals surface area contributed by atoms with Gasteiger partial charge in [0.15, 0.2) is 0 Å². The lowest BCUT2D eigenvalue weighted by Gasteiger charge is -2.17. The Hall–Kier alpha value is -2.73. The van der Waals surface area contributed by atoms with Gasteiger partial charge in [0.1, 0.15) is 29.0 Å². The molecule has 25 heavy (non-hydrogen) atoms. The van der Waals surface area contributed by atoms with Crippen molar-refractivity contribution in [3.05, 3.63) is 65.4 Å². The number of ether oxygens (including phenoxy) is 1. The fraction of sp³-hybridized carbons (Fsp3) is 0.211.